The first-order chi connectivity index (χ1) is 10.0. The molecule has 2 heterocycles. The lowest BCUT2D eigenvalue weighted by atomic mass is 10.2. The maximum atomic E-state index is 11.0. The zero-order chi connectivity index (χ0) is 15.0. The topological polar surface area (TPSA) is 76.6 Å². The van der Waals surface area contributed by atoms with Crippen molar-refractivity contribution in [3.05, 3.63) is 51.8 Å². The van der Waals surface area contributed by atoms with E-state index in [0.29, 0.717) is 12.1 Å². The summed E-state index contributed by atoms with van der Waals surface area (Å²) in [7, 11) is 1.86. The van der Waals surface area contributed by atoms with Gasteiger partial charge in [0, 0.05) is 18.7 Å². The Bertz CT molecular complexity index is 778. The first-order valence-electron chi connectivity index (χ1n) is 6.31. The van der Waals surface area contributed by atoms with Gasteiger partial charge in [-0.2, -0.15) is 0 Å². The van der Waals surface area contributed by atoms with Crippen LogP contribution in [0.25, 0.3) is 4.96 Å². The lowest BCUT2D eigenvalue weighted by molar-refractivity contribution is -0.385. The van der Waals surface area contributed by atoms with Crippen molar-refractivity contribution in [1.29, 1.82) is 0 Å². The summed E-state index contributed by atoms with van der Waals surface area (Å²) < 4.78 is 1.73. The van der Waals surface area contributed by atoms with Crippen LogP contribution < -0.4 is 4.90 Å². The third-order valence-electron chi connectivity index (χ3n) is 3.08. The van der Waals surface area contributed by atoms with E-state index in [9.17, 15) is 10.1 Å². The van der Waals surface area contributed by atoms with Gasteiger partial charge in [0.25, 0.3) is 5.69 Å². The van der Waals surface area contributed by atoms with E-state index in [-0.39, 0.29) is 10.6 Å². The number of anilines is 1. The van der Waals surface area contributed by atoms with Crippen molar-refractivity contribution in [2.45, 2.75) is 13.5 Å². The van der Waals surface area contributed by atoms with Gasteiger partial charge >= 0.3 is 0 Å². The van der Waals surface area contributed by atoms with Crippen molar-refractivity contribution in [3.8, 4) is 0 Å². The first kappa shape index (κ1) is 13.5. The number of hydrogen-bond acceptors (Lipinski definition) is 6. The van der Waals surface area contributed by atoms with Crippen molar-refractivity contribution >= 4 is 27.1 Å². The summed E-state index contributed by atoms with van der Waals surface area (Å²) in [6.45, 7) is 2.34. The second-order valence-corrected chi connectivity index (χ2v) is 5.67. The fourth-order valence-corrected chi connectivity index (χ4v) is 2.99. The van der Waals surface area contributed by atoms with Crippen molar-refractivity contribution in [3.63, 3.8) is 0 Å². The summed E-state index contributed by atoms with van der Waals surface area (Å²) in [4.78, 5) is 17.7. The van der Waals surface area contributed by atoms with Crippen LogP contribution in [0.1, 0.15) is 11.3 Å². The molecule has 3 rings (SSSR count). The van der Waals surface area contributed by atoms with Gasteiger partial charge in [-0.3, -0.25) is 10.1 Å². The van der Waals surface area contributed by atoms with E-state index in [0.717, 1.165) is 15.8 Å². The smallest absolute Gasteiger partial charge is 0.274 e. The molecule has 0 atom stereocenters. The summed E-state index contributed by atoms with van der Waals surface area (Å²) in [5.74, 6) is 0. The van der Waals surface area contributed by atoms with E-state index in [4.69, 9.17) is 0 Å². The molecule has 0 radical (unpaired) electrons. The second-order valence-electron chi connectivity index (χ2n) is 4.74. The van der Waals surface area contributed by atoms with Crippen LogP contribution in [0.3, 0.4) is 0 Å². The molecule has 0 fully saturated rings. The van der Waals surface area contributed by atoms with Gasteiger partial charge in [-0.1, -0.05) is 29.5 Å². The maximum absolute atomic E-state index is 11.0. The lowest BCUT2D eigenvalue weighted by Gasteiger charge is -2.14. The lowest BCUT2D eigenvalue weighted by Crippen LogP contribution is -2.17. The molecular formula is C13H13N5O2S. The Balaban J connectivity index is 1.87. The molecule has 8 heteroatoms. The van der Waals surface area contributed by atoms with Gasteiger partial charge in [-0.15, -0.1) is 5.10 Å². The van der Waals surface area contributed by atoms with Crippen LogP contribution in [-0.4, -0.2) is 26.6 Å². The number of nitro benzene ring substituents is 1. The Morgan fingerprint density at radius 1 is 1.43 bits per heavy atom. The first-order valence-corrected chi connectivity index (χ1v) is 7.12. The van der Waals surface area contributed by atoms with E-state index in [1.54, 1.807) is 22.7 Å². The summed E-state index contributed by atoms with van der Waals surface area (Å²) in [6, 6.07) is 6.74. The molecular weight excluding hydrogens is 290 g/mol. The number of fused-ring (bicyclic) bond motifs is 1. The van der Waals surface area contributed by atoms with Gasteiger partial charge in [0.1, 0.15) is 0 Å². The average molecular weight is 303 g/mol. The maximum Gasteiger partial charge on any atom is 0.274 e. The molecule has 0 saturated carbocycles. The van der Waals surface area contributed by atoms with E-state index in [2.05, 4.69) is 10.1 Å². The van der Waals surface area contributed by atoms with E-state index in [1.807, 2.05) is 25.1 Å². The van der Waals surface area contributed by atoms with Crippen molar-refractivity contribution in [2.75, 3.05) is 11.9 Å². The molecule has 0 aliphatic carbocycles. The predicted molar refractivity (Wildman–Crippen MR) is 80.8 cm³/mol. The third-order valence-corrected chi connectivity index (χ3v) is 4.11. The average Bonchev–Trinajstić information content (AvgIpc) is 2.96. The highest BCUT2D eigenvalue weighted by molar-refractivity contribution is 7.20. The minimum atomic E-state index is -0.360. The molecule has 2 aromatic heterocycles. The molecule has 1 aromatic carbocycles. The van der Waals surface area contributed by atoms with Gasteiger partial charge < -0.3 is 4.90 Å². The quantitative estimate of drug-likeness (QED) is 0.547. The van der Waals surface area contributed by atoms with Crippen molar-refractivity contribution in [1.82, 2.24) is 14.6 Å². The Morgan fingerprint density at radius 3 is 2.90 bits per heavy atom. The van der Waals surface area contributed by atoms with E-state index in [1.165, 1.54) is 17.4 Å². The zero-order valence-electron chi connectivity index (χ0n) is 11.6. The molecule has 3 aromatic rings. The summed E-state index contributed by atoms with van der Waals surface area (Å²) in [5, 5.41) is 16.2. The monoisotopic (exact) mass is 303 g/mol. The van der Waals surface area contributed by atoms with Gasteiger partial charge in [-0.25, -0.2) is 9.50 Å². The van der Waals surface area contributed by atoms with Crippen LogP contribution in [-0.2, 0) is 6.54 Å². The molecule has 0 spiro atoms. The Hall–Kier alpha value is -2.48. The molecule has 21 heavy (non-hydrogen) atoms. The van der Waals surface area contributed by atoms with Crippen LogP contribution >= 0.6 is 11.3 Å². The molecule has 0 amide bonds. The SMILES string of the molecule is Cc1cn2nc(N(C)Cc3ccccc3[N+](=O)[O-])sc2n1. The largest absolute Gasteiger partial charge is 0.345 e. The minimum absolute atomic E-state index is 0.126. The number of para-hydroxylation sites is 1. The molecule has 108 valence electrons. The number of benzene rings is 1. The van der Waals surface area contributed by atoms with Crippen molar-refractivity contribution in [2.24, 2.45) is 0 Å². The van der Waals surface area contributed by atoms with E-state index >= 15 is 0 Å². The molecule has 7 nitrogen and oxygen atoms in total. The highest BCUT2D eigenvalue weighted by Gasteiger charge is 2.16. The number of nitrogens with zero attached hydrogens (tertiary/aromatic N) is 5. The predicted octanol–water partition coefficient (Wildman–Crippen LogP) is 2.64. The van der Waals surface area contributed by atoms with Gasteiger partial charge in [0.2, 0.25) is 10.1 Å². The van der Waals surface area contributed by atoms with E-state index < -0.39 is 0 Å². The fraction of sp³-hybridized carbons (Fsp3) is 0.231. The molecule has 0 N–H and O–H groups in total. The van der Waals surface area contributed by atoms with Crippen LogP contribution in [0.5, 0.6) is 0 Å². The van der Waals surface area contributed by atoms with Crippen molar-refractivity contribution < 1.29 is 4.92 Å². The minimum Gasteiger partial charge on any atom is -0.345 e. The highest BCUT2D eigenvalue weighted by atomic mass is 32.1. The molecule has 0 bridgehead atoms. The fourth-order valence-electron chi connectivity index (χ4n) is 2.10. The Kier molecular flexibility index (Phi) is 3.30. The number of rotatable bonds is 4. The normalized spacial score (nSPS) is 11.0. The Morgan fingerprint density at radius 2 is 2.19 bits per heavy atom. The van der Waals surface area contributed by atoms with Crippen LogP contribution in [0.4, 0.5) is 10.8 Å². The number of aryl methyl sites for hydroxylation is 1. The standard InChI is InChI=1S/C13H13N5O2S/c1-9-7-17-12(14-9)21-13(15-17)16(2)8-10-5-3-4-6-11(10)18(19)20/h3-7H,8H2,1-2H3. The number of nitro groups is 1. The summed E-state index contributed by atoms with van der Waals surface area (Å²) in [5.41, 5.74) is 1.71. The summed E-state index contributed by atoms with van der Waals surface area (Å²) in [6.07, 6.45) is 1.86. The molecule has 0 aliphatic rings. The van der Waals surface area contributed by atoms with Gasteiger partial charge in [0.15, 0.2) is 0 Å². The highest BCUT2D eigenvalue weighted by Crippen LogP contribution is 2.26. The molecule has 0 saturated heterocycles. The second kappa shape index (κ2) is 5.13. The van der Waals surface area contributed by atoms with Crippen LogP contribution in [0, 0.1) is 17.0 Å². The zero-order valence-corrected chi connectivity index (χ0v) is 12.4. The molecule has 0 unspecified atom stereocenters. The summed E-state index contributed by atoms with van der Waals surface area (Å²) >= 11 is 1.46. The number of imidazole rings is 1. The molecule has 0 aliphatic heterocycles. The van der Waals surface area contributed by atoms with Crippen LogP contribution in [0.2, 0.25) is 0 Å². The Labute approximate surface area is 124 Å². The third kappa shape index (κ3) is 2.57. The van der Waals surface area contributed by atoms with Gasteiger partial charge in [-0.05, 0) is 6.92 Å². The van der Waals surface area contributed by atoms with Crippen LogP contribution in [0.15, 0.2) is 30.5 Å². The number of aromatic nitrogens is 3. The number of hydrogen-bond donors (Lipinski definition) is 0. The van der Waals surface area contributed by atoms with Gasteiger partial charge in [0.05, 0.1) is 23.4 Å².